The molecule has 0 spiro atoms. The fourth-order valence-corrected chi connectivity index (χ4v) is 3.71. The number of fused-ring (bicyclic) bond motifs is 1. The average Bonchev–Trinajstić information content (AvgIpc) is 3.04. The van der Waals surface area contributed by atoms with E-state index in [0.29, 0.717) is 6.61 Å². The number of anilines is 1. The number of nitrogens with zero attached hydrogens (tertiary/aromatic N) is 2. The number of hydrogen-bond acceptors (Lipinski definition) is 4. The summed E-state index contributed by atoms with van der Waals surface area (Å²) in [5.74, 6) is 0.111. The molecule has 1 aromatic heterocycles. The molecular weight excluding hydrogens is 314 g/mol. The summed E-state index contributed by atoms with van der Waals surface area (Å²) in [6.07, 6.45) is 6.52. The van der Waals surface area contributed by atoms with Gasteiger partial charge in [0, 0.05) is 31.2 Å². The predicted molar refractivity (Wildman–Crippen MR) is 96.2 cm³/mol. The lowest BCUT2D eigenvalue weighted by molar-refractivity contribution is -0.121. The Morgan fingerprint density at radius 3 is 2.88 bits per heavy atom. The number of para-hydroxylation sites is 1. The molecule has 2 aliphatic rings. The van der Waals surface area contributed by atoms with Crippen LogP contribution >= 0.6 is 0 Å². The molecule has 2 unspecified atom stereocenters. The molecular formula is C20H23N3O2. The highest BCUT2D eigenvalue weighted by Crippen LogP contribution is 2.26. The Kier molecular flexibility index (Phi) is 4.76. The van der Waals surface area contributed by atoms with E-state index in [9.17, 15) is 4.79 Å². The Morgan fingerprint density at radius 1 is 1.16 bits per heavy atom. The fourth-order valence-electron chi connectivity index (χ4n) is 3.71. The van der Waals surface area contributed by atoms with E-state index in [0.717, 1.165) is 43.6 Å². The van der Waals surface area contributed by atoms with Crippen LogP contribution in [0.1, 0.15) is 24.0 Å². The Balaban J connectivity index is 1.35. The average molecular weight is 337 g/mol. The van der Waals surface area contributed by atoms with Gasteiger partial charge in [-0.05, 0) is 48.6 Å². The lowest BCUT2D eigenvalue weighted by Gasteiger charge is -2.25. The van der Waals surface area contributed by atoms with Crippen LogP contribution in [0.3, 0.4) is 0 Å². The van der Waals surface area contributed by atoms with Crippen molar-refractivity contribution in [1.29, 1.82) is 0 Å². The molecule has 130 valence electrons. The number of ether oxygens (including phenoxy) is 1. The highest BCUT2D eigenvalue weighted by molar-refractivity contribution is 5.96. The van der Waals surface area contributed by atoms with E-state index in [-0.39, 0.29) is 18.1 Å². The number of likely N-dealkylation sites (tertiary alicyclic amines) is 1. The molecule has 4 rings (SSSR count). The van der Waals surface area contributed by atoms with E-state index < -0.39 is 0 Å². The summed E-state index contributed by atoms with van der Waals surface area (Å²) in [6.45, 7) is 2.33. The number of carbonyl (C=O) groups excluding carboxylic acids is 1. The largest absolute Gasteiger partial charge is 0.372 e. The molecule has 3 heterocycles. The van der Waals surface area contributed by atoms with Gasteiger partial charge in [-0.1, -0.05) is 18.2 Å². The molecule has 5 nitrogen and oxygen atoms in total. The monoisotopic (exact) mass is 337 g/mol. The molecule has 1 fully saturated rings. The van der Waals surface area contributed by atoms with Gasteiger partial charge in [0.05, 0.1) is 18.8 Å². The van der Waals surface area contributed by atoms with Gasteiger partial charge in [-0.3, -0.25) is 14.7 Å². The van der Waals surface area contributed by atoms with Gasteiger partial charge in [-0.2, -0.15) is 0 Å². The maximum Gasteiger partial charge on any atom is 0.241 e. The van der Waals surface area contributed by atoms with Crippen molar-refractivity contribution in [2.24, 2.45) is 0 Å². The number of pyridine rings is 1. The molecule has 1 amide bonds. The molecule has 0 saturated carbocycles. The molecule has 0 radical (unpaired) electrons. The van der Waals surface area contributed by atoms with Crippen LogP contribution in [0.25, 0.3) is 0 Å². The zero-order valence-corrected chi connectivity index (χ0v) is 14.2. The molecule has 5 heteroatoms. The molecule has 0 aliphatic carbocycles. The van der Waals surface area contributed by atoms with Crippen molar-refractivity contribution in [3.8, 4) is 0 Å². The fraction of sp³-hybridized carbons (Fsp3) is 0.400. The second-order valence-electron chi connectivity index (χ2n) is 6.77. The smallest absolute Gasteiger partial charge is 0.241 e. The number of hydrogen-bond donors (Lipinski definition) is 1. The van der Waals surface area contributed by atoms with Crippen LogP contribution in [-0.4, -0.2) is 41.0 Å². The van der Waals surface area contributed by atoms with Gasteiger partial charge in [-0.25, -0.2) is 0 Å². The molecule has 0 bridgehead atoms. The van der Waals surface area contributed by atoms with Gasteiger partial charge in [0.25, 0.3) is 0 Å². The van der Waals surface area contributed by atoms with E-state index in [1.54, 1.807) is 12.4 Å². The quantitative estimate of drug-likeness (QED) is 0.932. The summed E-state index contributed by atoms with van der Waals surface area (Å²) in [5.41, 5.74) is 3.32. The van der Waals surface area contributed by atoms with Gasteiger partial charge in [0.2, 0.25) is 5.91 Å². The van der Waals surface area contributed by atoms with Gasteiger partial charge in [0.1, 0.15) is 0 Å². The Morgan fingerprint density at radius 2 is 2.00 bits per heavy atom. The van der Waals surface area contributed by atoms with Crippen molar-refractivity contribution in [3.05, 3.63) is 59.9 Å². The van der Waals surface area contributed by atoms with Crippen molar-refractivity contribution in [2.45, 2.75) is 38.0 Å². The number of nitrogens with one attached hydrogen (secondary N) is 1. The van der Waals surface area contributed by atoms with Gasteiger partial charge >= 0.3 is 0 Å². The number of aryl methyl sites for hydroxylation is 1. The first kappa shape index (κ1) is 16.2. The number of rotatable bonds is 4. The molecule has 2 aliphatic heterocycles. The number of benzene rings is 1. The van der Waals surface area contributed by atoms with E-state index in [1.165, 1.54) is 5.56 Å². The third kappa shape index (κ3) is 3.72. The van der Waals surface area contributed by atoms with Crippen molar-refractivity contribution in [3.63, 3.8) is 0 Å². The minimum Gasteiger partial charge on any atom is -0.372 e. The highest BCUT2D eigenvalue weighted by atomic mass is 16.5. The summed E-state index contributed by atoms with van der Waals surface area (Å²) < 4.78 is 6.04. The third-order valence-corrected chi connectivity index (χ3v) is 5.12. The molecule has 2 aromatic rings. The lowest BCUT2D eigenvalue weighted by atomic mass is 10.1. The summed E-state index contributed by atoms with van der Waals surface area (Å²) in [7, 11) is 0. The summed E-state index contributed by atoms with van der Waals surface area (Å²) in [4.78, 5) is 19.0. The van der Waals surface area contributed by atoms with Crippen LogP contribution in [0.15, 0.2) is 48.8 Å². The maximum atomic E-state index is 12.6. The van der Waals surface area contributed by atoms with Crippen LogP contribution in [0.5, 0.6) is 0 Å². The van der Waals surface area contributed by atoms with Gasteiger partial charge < -0.3 is 10.1 Å². The number of aromatic nitrogens is 1. The molecule has 1 aromatic carbocycles. The van der Waals surface area contributed by atoms with Crippen LogP contribution in [-0.2, 0) is 22.6 Å². The first-order valence-corrected chi connectivity index (χ1v) is 8.93. The molecule has 2 atom stereocenters. The third-order valence-electron chi connectivity index (χ3n) is 5.12. The van der Waals surface area contributed by atoms with E-state index in [1.807, 2.05) is 30.3 Å². The Labute approximate surface area is 148 Å². The standard InChI is InChI=1S/C20H23N3O2/c24-20-19(6-5-16-3-1-2-4-18(16)22-20)23-12-9-17(13-23)25-14-15-7-10-21-11-8-15/h1-4,7-8,10-11,17,19H,5-6,9,12-14H2,(H,22,24). The van der Waals surface area contributed by atoms with E-state index in [2.05, 4.69) is 21.3 Å². The highest BCUT2D eigenvalue weighted by Gasteiger charge is 2.34. The summed E-state index contributed by atoms with van der Waals surface area (Å²) in [5, 5.41) is 3.09. The number of carbonyl (C=O) groups is 1. The van der Waals surface area contributed by atoms with Crippen LogP contribution in [0.4, 0.5) is 5.69 Å². The second-order valence-corrected chi connectivity index (χ2v) is 6.77. The summed E-state index contributed by atoms with van der Waals surface area (Å²) in [6, 6.07) is 12.0. The van der Waals surface area contributed by atoms with E-state index in [4.69, 9.17) is 4.74 Å². The van der Waals surface area contributed by atoms with Crippen molar-refractivity contribution < 1.29 is 9.53 Å². The first-order chi connectivity index (χ1) is 12.3. The zero-order valence-electron chi connectivity index (χ0n) is 14.2. The van der Waals surface area contributed by atoms with Crippen molar-refractivity contribution in [1.82, 2.24) is 9.88 Å². The normalized spacial score (nSPS) is 23.8. The van der Waals surface area contributed by atoms with Crippen molar-refractivity contribution >= 4 is 11.6 Å². The van der Waals surface area contributed by atoms with Crippen molar-refractivity contribution in [2.75, 3.05) is 18.4 Å². The van der Waals surface area contributed by atoms with Crippen LogP contribution in [0, 0.1) is 0 Å². The van der Waals surface area contributed by atoms with Crippen LogP contribution in [0.2, 0.25) is 0 Å². The Bertz CT molecular complexity index is 735. The Hall–Kier alpha value is -2.24. The topological polar surface area (TPSA) is 54.5 Å². The zero-order chi connectivity index (χ0) is 17.1. The minimum absolute atomic E-state index is 0.0677. The predicted octanol–water partition coefficient (Wildman–Crippen LogP) is 2.63. The summed E-state index contributed by atoms with van der Waals surface area (Å²) >= 11 is 0. The first-order valence-electron chi connectivity index (χ1n) is 8.93. The maximum absolute atomic E-state index is 12.6. The SMILES string of the molecule is O=C1Nc2ccccc2CCC1N1CCC(OCc2ccncc2)C1. The second kappa shape index (κ2) is 7.33. The molecule has 1 N–H and O–H groups in total. The number of amides is 1. The molecule has 1 saturated heterocycles. The van der Waals surface area contributed by atoms with Gasteiger partial charge in [-0.15, -0.1) is 0 Å². The lowest BCUT2D eigenvalue weighted by Crippen LogP contribution is -2.42. The van der Waals surface area contributed by atoms with Gasteiger partial charge in [0.15, 0.2) is 0 Å². The molecule has 25 heavy (non-hydrogen) atoms. The van der Waals surface area contributed by atoms with E-state index >= 15 is 0 Å². The minimum atomic E-state index is -0.0677. The van der Waals surface area contributed by atoms with Crippen LogP contribution < -0.4 is 5.32 Å².